The Morgan fingerprint density at radius 2 is 2.32 bits per heavy atom. The standard InChI is InChI=1S/C14H20N2O3/c1-2-19-10-11-5-3-4-6-13(11)15-14(18)16-8-7-12(17)9-16/h3-6,12,17H,2,7-10H2,1H3,(H,15,18)/t12-/m0/s1. The maximum atomic E-state index is 12.0. The number of nitrogens with one attached hydrogen (secondary N) is 1. The summed E-state index contributed by atoms with van der Waals surface area (Å²) >= 11 is 0. The molecular formula is C14H20N2O3. The van der Waals surface area contributed by atoms with Gasteiger partial charge in [-0.25, -0.2) is 4.79 Å². The molecule has 1 aliphatic rings. The molecule has 5 heteroatoms. The van der Waals surface area contributed by atoms with E-state index in [9.17, 15) is 9.90 Å². The van der Waals surface area contributed by atoms with Gasteiger partial charge in [-0.05, 0) is 19.4 Å². The number of carbonyl (C=O) groups excluding carboxylic acids is 1. The summed E-state index contributed by atoms with van der Waals surface area (Å²) in [6, 6.07) is 7.43. The number of ether oxygens (including phenoxy) is 1. The highest BCUT2D eigenvalue weighted by Gasteiger charge is 2.24. The fraction of sp³-hybridized carbons (Fsp3) is 0.500. The van der Waals surface area contributed by atoms with Crippen LogP contribution in [0.3, 0.4) is 0 Å². The second kappa shape index (κ2) is 6.54. The third-order valence-corrected chi connectivity index (χ3v) is 3.17. The maximum absolute atomic E-state index is 12.0. The molecule has 1 aliphatic heterocycles. The molecule has 0 aliphatic carbocycles. The average Bonchev–Trinajstić information content (AvgIpc) is 2.84. The van der Waals surface area contributed by atoms with Crippen LogP contribution in [0.1, 0.15) is 18.9 Å². The number of aliphatic hydroxyl groups excluding tert-OH is 1. The van der Waals surface area contributed by atoms with Gasteiger partial charge in [0.25, 0.3) is 0 Å². The monoisotopic (exact) mass is 264 g/mol. The SMILES string of the molecule is CCOCc1ccccc1NC(=O)N1CC[C@H](O)C1. The minimum atomic E-state index is -0.399. The Bertz CT molecular complexity index is 436. The number of para-hydroxylation sites is 1. The normalized spacial score (nSPS) is 18.6. The van der Waals surface area contributed by atoms with Gasteiger partial charge in [0.1, 0.15) is 0 Å². The molecule has 1 heterocycles. The maximum Gasteiger partial charge on any atom is 0.321 e. The first-order chi connectivity index (χ1) is 9.20. The van der Waals surface area contributed by atoms with E-state index in [-0.39, 0.29) is 6.03 Å². The predicted octanol–water partition coefficient (Wildman–Crippen LogP) is 1.82. The van der Waals surface area contributed by atoms with Crippen molar-refractivity contribution in [2.75, 3.05) is 25.0 Å². The van der Waals surface area contributed by atoms with Gasteiger partial charge in [0.05, 0.1) is 12.7 Å². The Morgan fingerprint density at radius 3 is 3.00 bits per heavy atom. The molecule has 104 valence electrons. The van der Waals surface area contributed by atoms with E-state index in [0.29, 0.717) is 32.7 Å². The zero-order chi connectivity index (χ0) is 13.7. The van der Waals surface area contributed by atoms with Gasteiger partial charge in [-0.2, -0.15) is 0 Å². The number of aliphatic hydroxyl groups is 1. The summed E-state index contributed by atoms with van der Waals surface area (Å²) in [6.45, 7) is 4.06. The topological polar surface area (TPSA) is 61.8 Å². The van der Waals surface area contributed by atoms with Gasteiger partial charge in [-0.1, -0.05) is 18.2 Å². The van der Waals surface area contributed by atoms with Crippen LogP contribution in [-0.2, 0) is 11.3 Å². The van der Waals surface area contributed by atoms with Crippen LogP contribution in [0.2, 0.25) is 0 Å². The Morgan fingerprint density at radius 1 is 1.53 bits per heavy atom. The Labute approximate surface area is 113 Å². The van der Waals surface area contributed by atoms with Crippen molar-refractivity contribution in [3.63, 3.8) is 0 Å². The average molecular weight is 264 g/mol. The van der Waals surface area contributed by atoms with Crippen molar-refractivity contribution in [1.82, 2.24) is 4.90 Å². The number of benzene rings is 1. The smallest absolute Gasteiger partial charge is 0.321 e. The van der Waals surface area contributed by atoms with E-state index < -0.39 is 6.10 Å². The molecule has 1 fully saturated rings. The van der Waals surface area contributed by atoms with Crippen molar-refractivity contribution in [3.8, 4) is 0 Å². The van der Waals surface area contributed by atoms with E-state index in [1.54, 1.807) is 4.90 Å². The molecule has 2 amide bonds. The lowest BCUT2D eigenvalue weighted by Crippen LogP contribution is -2.33. The molecule has 1 aromatic carbocycles. The van der Waals surface area contributed by atoms with E-state index in [2.05, 4.69) is 5.32 Å². The molecule has 2 N–H and O–H groups in total. The number of hydrogen-bond donors (Lipinski definition) is 2. The molecule has 0 unspecified atom stereocenters. The van der Waals surface area contributed by atoms with Crippen LogP contribution in [0.15, 0.2) is 24.3 Å². The highest BCUT2D eigenvalue weighted by Crippen LogP contribution is 2.18. The molecule has 0 aromatic heterocycles. The number of anilines is 1. The predicted molar refractivity (Wildman–Crippen MR) is 73.0 cm³/mol. The minimum Gasteiger partial charge on any atom is -0.391 e. The van der Waals surface area contributed by atoms with Crippen LogP contribution in [0, 0.1) is 0 Å². The van der Waals surface area contributed by atoms with Crippen molar-refractivity contribution >= 4 is 11.7 Å². The first kappa shape index (κ1) is 13.8. The van der Waals surface area contributed by atoms with E-state index in [1.807, 2.05) is 31.2 Å². The molecule has 2 rings (SSSR count). The van der Waals surface area contributed by atoms with Crippen LogP contribution in [0.5, 0.6) is 0 Å². The number of carbonyl (C=O) groups is 1. The summed E-state index contributed by atoms with van der Waals surface area (Å²) in [6.07, 6.45) is 0.248. The van der Waals surface area contributed by atoms with E-state index >= 15 is 0 Å². The molecule has 0 bridgehead atoms. The van der Waals surface area contributed by atoms with Crippen molar-refractivity contribution in [1.29, 1.82) is 0 Å². The second-order valence-corrected chi connectivity index (χ2v) is 4.61. The first-order valence-electron chi connectivity index (χ1n) is 6.60. The fourth-order valence-electron chi connectivity index (χ4n) is 2.10. The van der Waals surface area contributed by atoms with E-state index in [0.717, 1.165) is 11.3 Å². The molecule has 0 radical (unpaired) electrons. The molecule has 1 atom stereocenters. The van der Waals surface area contributed by atoms with Crippen LogP contribution >= 0.6 is 0 Å². The molecule has 1 saturated heterocycles. The Kier molecular flexibility index (Phi) is 4.76. The second-order valence-electron chi connectivity index (χ2n) is 4.61. The largest absolute Gasteiger partial charge is 0.391 e. The van der Waals surface area contributed by atoms with E-state index in [1.165, 1.54) is 0 Å². The van der Waals surface area contributed by atoms with Gasteiger partial charge < -0.3 is 20.1 Å². The van der Waals surface area contributed by atoms with Gasteiger partial charge in [0.2, 0.25) is 0 Å². The summed E-state index contributed by atoms with van der Waals surface area (Å²) in [5, 5.41) is 12.3. The summed E-state index contributed by atoms with van der Waals surface area (Å²) in [7, 11) is 0. The Balaban J connectivity index is 2.00. The summed E-state index contributed by atoms with van der Waals surface area (Å²) in [4.78, 5) is 13.7. The Hall–Kier alpha value is -1.59. The lowest BCUT2D eigenvalue weighted by Gasteiger charge is -2.18. The number of nitrogens with zero attached hydrogens (tertiary/aromatic N) is 1. The van der Waals surface area contributed by atoms with Gasteiger partial charge in [0, 0.05) is 30.9 Å². The lowest BCUT2D eigenvalue weighted by molar-refractivity contribution is 0.134. The number of hydrogen-bond acceptors (Lipinski definition) is 3. The van der Waals surface area contributed by atoms with Gasteiger partial charge in [-0.3, -0.25) is 0 Å². The fourth-order valence-corrected chi connectivity index (χ4v) is 2.10. The highest BCUT2D eigenvalue weighted by atomic mass is 16.5. The summed E-state index contributed by atoms with van der Waals surface area (Å²) in [5.41, 5.74) is 1.72. The lowest BCUT2D eigenvalue weighted by atomic mass is 10.2. The summed E-state index contributed by atoms with van der Waals surface area (Å²) < 4.78 is 5.38. The molecule has 19 heavy (non-hydrogen) atoms. The third-order valence-electron chi connectivity index (χ3n) is 3.17. The number of amides is 2. The zero-order valence-corrected chi connectivity index (χ0v) is 11.1. The number of likely N-dealkylation sites (tertiary alicyclic amines) is 1. The molecule has 0 spiro atoms. The van der Waals surface area contributed by atoms with Crippen molar-refractivity contribution in [3.05, 3.63) is 29.8 Å². The van der Waals surface area contributed by atoms with Gasteiger partial charge in [-0.15, -0.1) is 0 Å². The summed E-state index contributed by atoms with van der Waals surface area (Å²) in [5.74, 6) is 0. The van der Waals surface area contributed by atoms with Crippen molar-refractivity contribution in [2.45, 2.75) is 26.1 Å². The molecule has 0 saturated carbocycles. The van der Waals surface area contributed by atoms with Crippen LogP contribution in [0.4, 0.5) is 10.5 Å². The van der Waals surface area contributed by atoms with Crippen LogP contribution in [0.25, 0.3) is 0 Å². The minimum absolute atomic E-state index is 0.166. The van der Waals surface area contributed by atoms with Crippen molar-refractivity contribution in [2.24, 2.45) is 0 Å². The first-order valence-corrected chi connectivity index (χ1v) is 6.60. The van der Waals surface area contributed by atoms with E-state index in [4.69, 9.17) is 4.74 Å². The number of β-amino-alcohol motifs (C(OH)–C–C–N with tert-alkyl or cyclic N) is 1. The number of rotatable bonds is 4. The van der Waals surface area contributed by atoms with Crippen LogP contribution in [-0.4, -0.2) is 41.8 Å². The zero-order valence-electron chi connectivity index (χ0n) is 11.1. The molecular weight excluding hydrogens is 244 g/mol. The van der Waals surface area contributed by atoms with Crippen LogP contribution < -0.4 is 5.32 Å². The van der Waals surface area contributed by atoms with Gasteiger partial charge >= 0.3 is 6.03 Å². The highest BCUT2D eigenvalue weighted by molar-refractivity contribution is 5.90. The van der Waals surface area contributed by atoms with Gasteiger partial charge in [0.15, 0.2) is 0 Å². The number of urea groups is 1. The third kappa shape index (κ3) is 3.68. The quantitative estimate of drug-likeness (QED) is 0.872. The van der Waals surface area contributed by atoms with Crippen molar-refractivity contribution < 1.29 is 14.6 Å². The molecule has 1 aromatic rings. The molecule has 5 nitrogen and oxygen atoms in total.